The first-order valence-electron chi connectivity index (χ1n) is 7.23. The molecule has 0 heterocycles. The summed E-state index contributed by atoms with van der Waals surface area (Å²) < 4.78 is 15.6. The normalized spacial score (nSPS) is 10.8. The molecule has 0 aliphatic heterocycles. The molecule has 0 saturated heterocycles. The summed E-state index contributed by atoms with van der Waals surface area (Å²) in [6, 6.07) is 4.44. The van der Waals surface area contributed by atoms with Crippen molar-refractivity contribution < 1.29 is 28.9 Å². The average Bonchev–Trinajstić information content (AvgIpc) is 2.44. The lowest BCUT2D eigenvalue weighted by Crippen LogP contribution is -2.33. The number of carboxylic acids is 1. The lowest BCUT2D eigenvalue weighted by Gasteiger charge is -2.19. The topological polar surface area (TPSA) is 94.1 Å². The first kappa shape index (κ1) is 18.6. The van der Waals surface area contributed by atoms with E-state index in [0.717, 1.165) is 0 Å². The van der Waals surface area contributed by atoms with Crippen LogP contribution in [0.25, 0.3) is 0 Å². The Morgan fingerprint density at radius 1 is 1.17 bits per heavy atom. The summed E-state index contributed by atoms with van der Waals surface area (Å²) in [5.74, 6) is -0.244. The van der Waals surface area contributed by atoms with Gasteiger partial charge in [0, 0.05) is 12.6 Å². The second-order valence-electron chi connectivity index (χ2n) is 5.83. The number of hydrogen-bond acceptors (Lipinski definition) is 5. The number of hydrogen-bond donors (Lipinski definition) is 2. The molecule has 128 valence electrons. The van der Waals surface area contributed by atoms with Crippen molar-refractivity contribution in [1.29, 1.82) is 0 Å². The van der Waals surface area contributed by atoms with Crippen molar-refractivity contribution >= 4 is 12.1 Å². The van der Waals surface area contributed by atoms with E-state index in [2.05, 4.69) is 5.32 Å². The van der Waals surface area contributed by atoms with Crippen molar-refractivity contribution in [3.8, 4) is 11.5 Å². The number of benzene rings is 1. The zero-order valence-electron chi connectivity index (χ0n) is 13.8. The molecule has 2 N–H and O–H groups in total. The minimum absolute atomic E-state index is 0.0891. The van der Waals surface area contributed by atoms with Gasteiger partial charge in [0.2, 0.25) is 0 Å². The maximum absolute atomic E-state index is 11.4. The number of rotatable bonds is 7. The number of methoxy groups -OCH3 is 1. The van der Waals surface area contributed by atoms with Gasteiger partial charge in [-0.2, -0.15) is 0 Å². The molecule has 0 spiro atoms. The number of amides is 1. The van der Waals surface area contributed by atoms with Crippen LogP contribution in [0.4, 0.5) is 4.79 Å². The van der Waals surface area contributed by atoms with Crippen LogP contribution >= 0.6 is 0 Å². The number of carbonyl (C=O) groups excluding carboxylic acids is 1. The molecule has 0 saturated carbocycles. The Kier molecular flexibility index (Phi) is 6.68. The Morgan fingerprint density at radius 3 is 2.39 bits per heavy atom. The number of aromatic carboxylic acids is 1. The van der Waals surface area contributed by atoms with Gasteiger partial charge in [0.1, 0.15) is 17.1 Å². The Hall–Kier alpha value is -2.44. The summed E-state index contributed by atoms with van der Waals surface area (Å²) in [4.78, 5) is 22.5. The Morgan fingerprint density at radius 2 is 1.83 bits per heavy atom. The van der Waals surface area contributed by atoms with Gasteiger partial charge in [-0.25, -0.2) is 9.59 Å². The Balaban J connectivity index is 2.40. The van der Waals surface area contributed by atoms with E-state index in [4.69, 9.17) is 19.3 Å². The monoisotopic (exact) mass is 325 g/mol. The third-order valence-corrected chi connectivity index (χ3v) is 2.62. The van der Waals surface area contributed by atoms with Crippen LogP contribution in [-0.4, -0.2) is 43.0 Å². The van der Waals surface area contributed by atoms with Crippen molar-refractivity contribution in [2.75, 3.05) is 20.3 Å². The van der Waals surface area contributed by atoms with Gasteiger partial charge >= 0.3 is 12.1 Å². The highest BCUT2D eigenvalue weighted by molar-refractivity contribution is 5.88. The van der Waals surface area contributed by atoms with Crippen LogP contribution < -0.4 is 14.8 Å². The van der Waals surface area contributed by atoms with Crippen LogP contribution in [0, 0.1) is 0 Å². The SMILES string of the molecule is COc1cc(OCCCNC(=O)OC(C)(C)C)cc(C(=O)O)c1. The molecule has 1 aromatic rings. The number of nitrogens with one attached hydrogen (secondary N) is 1. The number of carboxylic acid groups (broad SMARTS) is 1. The maximum atomic E-state index is 11.4. The molecule has 0 aromatic heterocycles. The molecule has 0 aliphatic rings. The van der Waals surface area contributed by atoms with Gasteiger partial charge in [0.25, 0.3) is 0 Å². The molecular formula is C16H23NO6. The van der Waals surface area contributed by atoms with Crippen molar-refractivity contribution in [2.45, 2.75) is 32.8 Å². The first-order chi connectivity index (χ1) is 10.7. The smallest absolute Gasteiger partial charge is 0.407 e. The zero-order chi connectivity index (χ0) is 17.5. The highest BCUT2D eigenvalue weighted by atomic mass is 16.6. The van der Waals surface area contributed by atoms with E-state index < -0.39 is 17.7 Å². The van der Waals surface area contributed by atoms with Crippen molar-refractivity contribution in [3.63, 3.8) is 0 Å². The van der Waals surface area contributed by atoms with Crippen molar-refractivity contribution in [1.82, 2.24) is 5.32 Å². The predicted octanol–water partition coefficient (Wildman–Crippen LogP) is 2.69. The summed E-state index contributed by atoms with van der Waals surface area (Å²) in [5, 5.41) is 11.6. The highest BCUT2D eigenvalue weighted by Gasteiger charge is 2.15. The molecule has 0 aliphatic carbocycles. The van der Waals surface area contributed by atoms with Gasteiger partial charge in [-0.15, -0.1) is 0 Å². The maximum Gasteiger partial charge on any atom is 0.407 e. The van der Waals surface area contributed by atoms with Gasteiger partial charge in [-0.3, -0.25) is 0 Å². The molecule has 1 rings (SSSR count). The largest absolute Gasteiger partial charge is 0.497 e. The van der Waals surface area contributed by atoms with Gasteiger partial charge in [0.15, 0.2) is 0 Å². The number of carbonyl (C=O) groups is 2. The van der Waals surface area contributed by atoms with Gasteiger partial charge in [-0.05, 0) is 39.3 Å². The van der Waals surface area contributed by atoms with Crippen LogP contribution in [0.15, 0.2) is 18.2 Å². The summed E-state index contributed by atoms with van der Waals surface area (Å²) in [6.07, 6.45) is 0.0748. The minimum Gasteiger partial charge on any atom is -0.497 e. The number of ether oxygens (including phenoxy) is 3. The molecule has 0 bridgehead atoms. The van der Waals surface area contributed by atoms with Crippen LogP contribution in [0.2, 0.25) is 0 Å². The summed E-state index contributed by atoms with van der Waals surface area (Å²) in [6.45, 7) is 6.09. The fourth-order valence-electron chi connectivity index (χ4n) is 1.66. The van der Waals surface area contributed by atoms with E-state index >= 15 is 0 Å². The molecule has 0 fully saturated rings. The molecule has 7 nitrogen and oxygen atoms in total. The minimum atomic E-state index is -1.06. The van der Waals surface area contributed by atoms with E-state index in [-0.39, 0.29) is 5.56 Å². The van der Waals surface area contributed by atoms with Gasteiger partial charge < -0.3 is 24.6 Å². The second kappa shape index (κ2) is 8.26. The van der Waals surface area contributed by atoms with E-state index in [1.807, 2.05) is 0 Å². The Labute approximate surface area is 135 Å². The molecule has 1 amide bonds. The molecule has 7 heteroatoms. The van der Waals surface area contributed by atoms with E-state index in [1.54, 1.807) is 26.8 Å². The third-order valence-electron chi connectivity index (χ3n) is 2.62. The first-order valence-corrected chi connectivity index (χ1v) is 7.23. The van der Waals surface area contributed by atoms with E-state index in [9.17, 15) is 9.59 Å². The number of alkyl carbamates (subject to hydrolysis) is 1. The second-order valence-corrected chi connectivity index (χ2v) is 5.83. The zero-order valence-corrected chi connectivity index (χ0v) is 13.8. The molecule has 0 radical (unpaired) electrons. The third kappa shape index (κ3) is 7.39. The predicted molar refractivity (Wildman–Crippen MR) is 84.3 cm³/mol. The molecular weight excluding hydrogens is 302 g/mol. The summed E-state index contributed by atoms with van der Waals surface area (Å²) in [5.41, 5.74) is -0.444. The van der Waals surface area contributed by atoms with E-state index in [0.29, 0.717) is 31.1 Å². The Bertz CT molecular complexity index is 550. The molecule has 1 aromatic carbocycles. The average molecular weight is 325 g/mol. The van der Waals surface area contributed by atoms with Crippen LogP contribution in [0.3, 0.4) is 0 Å². The summed E-state index contributed by atoms with van der Waals surface area (Å²) in [7, 11) is 1.45. The lowest BCUT2D eigenvalue weighted by atomic mass is 10.2. The summed E-state index contributed by atoms with van der Waals surface area (Å²) >= 11 is 0. The van der Waals surface area contributed by atoms with Crippen LogP contribution in [-0.2, 0) is 4.74 Å². The molecule has 0 unspecified atom stereocenters. The van der Waals surface area contributed by atoms with Gasteiger partial charge in [0.05, 0.1) is 19.3 Å². The van der Waals surface area contributed by atoms with Gasteiger partial charge in [-0.1, -0.05) is 0 Å². The molecule has 0 atom stereocenters. The van der Waals surface area contributed by atoms with Crippen LogP contribution in [0.5, 0.6) is 11.5 Å². The van der Waals surface area contributed by atoms with E-state index in [1.165, 1.54) is 19.2 Å². The quantitative estimate of drug-likeness (QED) is 0.749. The lowest BCUT2D eigenvalue weighted by molar-refractivity contribution is 0.0524. The van der Waals surface area contributed by atoms with Crippen molar-refractivity contribution in [2.24, 2.45) is 0 Å². The van der Waals surface area contributed by atoms with Crippen LogP contribution in [0.1, 0.15) is 37.6 Å². The standard InChI is InChI=1S/C16H23NO6/c1-16(2,3)23-15(20)17-6-5-7-22-13-9-11(14(18)19)8-12(10-13)21-4/h8-10H,5-7H2,1-4H3,(H,17,20)(H,18,19). The fraction of sp³-hybridized carbons (Fsp3) is 0.500. The fourth-order valence-corrected chi connectivity index (χ4v) is 1.66. The van der Waals surface area contributed by atoms with Crippen molar-refractivity contribution in [3.05, 3.63) is 23.8 Å². The highest BCUT2D eigenvalue weighted by Crippen LogP contribution is 2.22. The molecule has 23 heavy (non-hydrogen) atoms.